The van der Waals surface area contributed by atoms with Gasteiger partial charge in [-0.25, -0.2) is 13.6 Å². The van der Waals surface area contributed by atoms with Gasteiger partial charge >= 0.3 is 18.3 Å². The van der Waals surface area contributed by atoms with Crippen LogP contribution in [0.2, 0.25) is 0 Å². The van der Waals surface area contributed by atoms with Gasteiger partial charge < -0.3 is 14.1 Å². The number of benzene rings is 5. The minimum atomic E-state index is -4.40. The highest BCUT2D eigenvalue weighted by molar-refractivity contribution is 6.27. The number of aryl methyl sites for hydroxylation is 3. The number of ether oxygens (including phenoxy) is 1. The molecule has 10 heteroatoms. The largest absolute Gasteiger partial charge is 0.486 e. The molecule has 0 aliphatic carbocycles. The molecule has 1 atom stereocenters. The fraction of sp³-hybridized carbons (Fsp3) is 0.326. The Morgan fingerprint density at radius 1 is 0.821 bits per heavy atom. The first-order valence-corrected chi connectivity index (χ1v) is 19.0. The van der Waals surface area contributed by atoms with Gasteiger partial charge in [-0.3, -0.25) is 4.79 Å². The van der Waals surface area contributed by atoms with E-state index in [1.54, 1.807) is 12.1 Å². The maximum absolute atomic E-state index is 14.7. The second-order valence-electron chi connectivity index (χ2n) is 14.6. The molecule has 0 saturated heterocycles. The smallest absolute Gasteiger partial charge is 0.340 e. The van der Waals surface area contributed by atoms with Crippen molar-refractivity contribution in [2.45, 2.75) is 86.1 Å². The minimum Gasteiger partial charge on any atom is -0.486 e. The highest BCUT2D eigenvalue weighted by atomic mass is 19.3. The molecule has 56 heavy (non-hydrogen) atoms. The van der Waals surface area contributed by atoms with E-state index in [-0.39, 0.29) is 22.8 Å². The molecule has 0 fully saturated rings. The van der Waals surface area contributed by atoms with E-state index in [2.05, 4.69) is 23.6 Å². The summed E-state index contributed by atoms with van der Waals surface area (Å²) in [5.41, 5.74) is 6.59. The van der Waals surface area contributed by atoms with Crippen molar-refractivity contribution in [3.05, 3.63) is 124 Å². The van der Waals surface area contributed by atoms with Gasteiger partial charge in [-0.05, 0) is 80.0 Å². The van der Waals surface area contributed by atoms with Crippen LogP contribution in [0.15, 0.2) is 90.1 Å². The third kappa shape index (κ3) is 8.06. The third-order valence-corrected chi connectivity index (χ3v) is 10.4. The number of alkyl halides is 4. The average molecular weight is 767 g/mol. The molecule has 292 valence electrons. The predicted octanol–water partition coefficient (Wildman–Crippen LogP) is 11.9. The number of rotatable bonds is 15. The Labute approximate surface area is 324 Å². The van der Waals surface area contributed by atoms with Crippen LogP contribution in [-0.2, 0) is 16.2 Å². The zero-order valence-electron chi connectivity index (χ0n) is 32.5. The number of carbonyl (C=O) groups is 2. The standard InChI is InChI=1S/C46H46F4N2O4/c1-7-9-14-31(8-2)25-52-39-20-19-32(42(51-56-30(6)53)35-17-12-13-18-40(35)55-26-46(49,50)45(47)48)23-36(39)37-24-38(33-15-10-11-16-34(33)43(37)52)44(54)41-28(4)21-27(3)22-29(41)5/h10-13,15-24,31,45H,7-9,14,25-26H2,1-6H3/b51-42-. The number of ketones is 1. The van der Waals surface area contributed by atoms with Gasteiger partial charge in [-0.2, -0.15) is 8.78 Å². The van der Waals surface area contributed by atoms with Gasteiger partial charge in [-0.1, -0.05) is 98.4 Å². The number of fused-ring (bicyclic) bond motifs is 5. The molecule has 0 radical (unpaired) electrons. The Balaban J connectivity index is 1.63. The Kier molecular flexibility index (Phi) is 12.0. The average Bonchev–Trinajstić information content (AvgIpc) is 3.47. The first-order chi connectivity index (χ1) is 26.7. The number of oxime groups is 1. The Morgan fingerprint density at radius 3 is 2.16 bits per heavy atom. The second-order valence-corrected chi connectivity index (χ2v) is 14.6. The van der Waals surface area contributed by atoms with Crippen LogP contribution in [-0.4, -0.2) is 41.0 Å². The molecule has 6 rings (SSSR count). The number of carbonyl (C=O) groups excluding carboxylic acids is 2. The maximum Gasteiger partial charge on any atom is 0.340 e. The van der Waals surface area contributed by atoms with Crippen molar-refractivity contribution in [3.8, 4) is 5.75 Å². The Hall–Kier alpha value is -5.51. The maximum atomic E-state index is 14.7. The molecule has 0 aliphatic heterocycles. The van der Waals surface area contributed by atoms with Crippen LogP contribution in [0.5, 0.6) is 5.75 Å². The Morgan fingerprint density at radius 2 is 1.50 bits per heavy atom. The monoisotopic (exact) mass is 766 g/mol. The highest BCUT2D eigenvalue weighted by Crippen LogP contribution is 2.40. The summed E-state index contributed by atoms with van der Waals surface area (Å²) in [5.74, 6) is -4.99. The van der Waals surface area contributed by atoms with Crippen LogP contribution >= 0.6 is 0 Å². The molecule has 5 aromatic carbocycles. The molecule has 1 aromatic heterocycles. The molecule has 0 bridgehead atoms. The lowest BCUT2D eigenvalue weighted by Crippen LogP contribution is -2.34. The van der Waals surface area contributed by atoms with E-state index >= 15 is 0 Å². The number of aromatic nitrogens is 1. The van der Waals surface area contributed by atoms with Gasteiger partial charge in [0, 0.05) is 57.4 Å². The van der Waals surface area contributed by atoms with Crippen LogP contribution in [0.25, 0.3) is 32.6 Å². The summed E-state index contributed by atoms with van der Waals surface area (Å²) in [7, 11) is 0. The Bertz CT molecular complexity index is 2440. The fourth-order valence-corrected chi connectivity index (χ4v) is 7.73. The summed E-state index contributed by atoms with van der Waals surface area (Å²) in [6.07, 6.45) is 0.266. The molecule has 0 N–H and O–H groups in total. The second kappa shape index (κ2) is 16.7. The number of hydrogen-bond donors (Lipinski definition) is 0. The van der Waals surface area contributed by atoms with E-state index in [1.807, 2.05) is 75.4 Å². The SMILES string of the molecule is CCCCC(CC)Cn1c2ccc(/C(=N/OC(C)=O)c3ccccc3OCC(F)(F)C(F)F)cc2c2cc(C(=O)c3c(C)cc(C)cc3C)c3ccccc3c21. The topological polar surface area (TPSA) is 69.9 Å². The summed E-state index contributed by atoms with van der Waals surface area (Å²) in [6, 6.07) is 25.6. The van der Waals surface area contributed by atoms with Crippen LogP contribution < -0.4 is 4.74 Å². The van der Waals surface area contributed by atoms with E-state index in [9.17, 15) is 27.2 Å². The van der Waals surface area contributed by atoms with Crippen LogP contribution in [0, 0.1) is 26.7 Å². The van der Waals surface area contributed by atoms with E-state index in [4.69, 9.17) is 9.57 Å². The molecule has 0 saturated carbocycles. The molecular weight excluding hydrogens is 721 g/mol. The van der Waals surface area contributed by atoms with Crippen molar-refractivity contribution in [2.75, 3.05) is 6.61 Å². The van der Waals surface area contributed by atoms with Gasteiger partial charge in [0.15, 0.2) is 12.4 Å². The zero-order valence-corrected chi connectivity index (χ0v) is 32.5. The lowest BCUT2D eigenvalue weighted by molar-refractivity contribution is -0.148. The number of para-hydroxylation sites is 1. The van der Waals surface area contributed by atoms with Crippen molar-refractivity contribution in [1.82, 2.24) is 4.57 Å². The quantitative estimate of drug-likeness (QED) is 0.0343. The number of halogens is 4. The van der Waals surface area contributed by atoms with Crippen LogP contribution in [0.1, 0.15) is 90.2 Å². The highest BCUT2D eigenvalue weighted by Gasteiger charge is 2.42. The molecule has 6 nitrogen and oxygen atoms in total. The first-order valence-electron chi connectivity index (χ1n) is 19.0. The van der Waals surface area contributed by atoms with E-state index in [1.165, 1.54) is 25.1 Å². The zero-order chi connectivity index (χ0) is 40.3. The van der Waals surface area contributed by atoms with Crippen molar-refractivity contribution in [3.63, 3.8) is 0 Å². The van der Waals surface area contributed by atoms with E-state index in [0.717, 1.165) is 81.5 Å². The summed E-state index contributed by atoms with van der Waals surface area (Å²) >= 11 is 0. The lowest BCUT2D eigenvalue weighted by atomic mass is 9.89. The van der Waals surface area contributed by atoms with Crippen molar-refractivity contribution in [2.24, 2.45) is 11.1 Å². The predicted molar refractivity (Wildman–Crippen MR) is 215 cm³/mol. The van der Waals surface area contributed by atoms with E-state index in [0.29, 0.717) is 22.6 Å². The normalized spacial score (nSPS) is 12.9. The van der Waals surface area contributed by atoms with Crippen molar-refractivity contribution < 1.29 is 36.7 Å². The number of hydrogen-bond acceptors (Lipinski definition) is 5. The molecule has 6 aromatic rings. The summed E-state index contributed by atoms with van der Waals surface area (Å²) in [4.78, 5) is 31.9. The molecule has 0 amide bonds. The van der Waals surface area contributed by atoms with Gasteiger partial charge in [0.05, 0.1) is 5.52 Å². The third-order valence-electron chi connectivity index (χ3n) is 10.4. The van der Waals surface area contributed by atoms with Gasteiger partial charge in [-0.15, -0.1) is 0 Å². The van der Waals surface area contributed by atoms with Gasteiger partial charge in [0.2, 0.25) is 0 Å². The van der Waals surface area contributed by atoms with Gasteiger partial charge in [0.25, 0.3) is 0 Å². The minimum absolute atomic E-state index is 0.0661. The fourth-order valence-electron chi connectivity index (χ4n) is 7.73. The summed E-state index contributed by atoms with van der Waals surface area (Å²) in [5, 5.41) is 7.51. The molecule has 0 spiro atoms. The molecule has 1 unspecified atom stereocenters. The van der Waals surface area contributed by atoms with Crippen molar-refractivity contribution in [1.29, 1.82) is 0 Å². The van der Waals surface area contributed by atoms with Crippen LogP contribution in [0.4, 0.5) is 17.6 Å². The number of unbranched alkanes of at least 4 members (excludes halogenated alkanes) is 1. The molecule has 0 aliphatic rings. The van der Waals surface area contributed by atoms with Gasteiger partial charge in [0.1, 0.15) is 11.5 Å². The van der Waals surface area contributed by atoms with Crippen molar-refractivity contribution >= 4 is 50.0 Å². The summed E-state index contributed by atoms with van der Waals surface area (Å²) in [6.45, 7) is 10.6. The van der Waals surface area contributed by atoms with E-state index < -0.39 is 24.9 Å². The van der Waals surface area contributed by atoms with Crippen LogP contribution in [0.3, 0.4) is 0 Å². The lowest BCUT2D eigenvalue weighted by Gasteiger charge is -2.19. The first kappa shape index (κ1) is 40.2. The molecule has 1 heterocycles. The summed E-state index contributed by atoms with van der Waals surface area (Å²) < 4.78 is 61.8. The number of nitrogens with zero attached hydrogens (tertiary/aromatic N) is 2. The molecular formula is C46H46F4N2O4.